The van der Waals surface area contributed by atoms with Crippen molar-refractivity contribution in [2.45, 2.75) is 6.54 Å². The Balaban J connectivity index is 2.25. The van der Waals surface area contributed by atoms with E-state index in [9.17, 15) is 8.78 Å². The average Bonchev–Trinajstić information content (AvgIpc) is 2.32. The fourth-order valence-corrected chi connectivity index (χ4v) is 1.41. The molecule has 0 amide bonds. The second-order valence-electron chi connectivity index (χ2n) is 3.49. The Morgan fingerprint density at radius 3 is 2.41 bits per heavy atom. The fourth-order valence-electron chi connectivity index (χ4n) is 1.41. The van der Waals surface area contributed by atoms with Gasteiger partial charge in [-0.2, -0.15) is 0 Å². The number of benzene rings is 2. The van der Waals surface area contributed by atoms with Crippen molar-refractivity contribution in [1.29, 1.82) is 0 Å². The first-order valence-electron chi connectivity index (χ1n) is 5.11. The number of hydrogen-bond acceptors (Lipinski definition) is 2. The standard InChI is InChI=1S/C13H11F2NO/c14-11-3-1-2-4-13(11)17-10-6-5-9(8-16)12(15)7-10/h1-7H,8,16H2. The van der Waals surface area contributed by atoms with Crippen LogP contribution in [-0.2, 0) is 6.54 Å². The number of hydrogen-bond donors (Lipinski definition) is 1. The molecule has 0 radical (unpaired) electrons. The van der Waals surface area contributed by atoms with Gasteiger partial charge in [-0.3, -0.25) is 0 Å². The summed E-state index contributed by atoms with van der Waals surface area (Å²) < 4.78 is 31.9. The lowest BCUT2D eigenvalue weighted by molar-refractivity contribution is 0.438. The molecule has 0 aliphatic carbocycles. The molecule has 2 nitrogen and oxygen atoms in total. The van der Waals surface area contributed by atoms with E-state index in [1.807, 2.05) is 0 Å². The monoisotopic (exact) mass is 235 g/mol. The quantitative estimate of drug-likeness (QED) is 0.886. The average molecular weight is 235 g/mol. The van der Waals surface area contributed by atoms with Crippen molar-refractivity contribution in [1.82, 2.24) is 0 Å². The van der Waals surface area contributed by atoms with Crippen molar-refractivity contribution in [3.05, 3.63) is 59.7 Å². The van der Waals surface area contributed by atoms with Crippen molar-refractivity contribution in [2.75, 3.05) is 0 Å². The normalized spacial score (nSPS) is 10.3. The third-order valence-corrected chi connectivity index (χ3v) is 2.31. The molecule has 0 heterocycles. The highest BCUT2D eigenvalue weighted by atomic mass is 19.1. The van der Waals surface area contributed by atoms with Gasteiger partial charge in [0.15, 0.2) is 11.6 Å². The van der Waals surface area contributed by atoms with Crippen LogP contribution in [0.5, 0.6) is 11.5 Å². The lowest BCUT2D eigenvalue weighted by Crippen LogP contribution is -1.99. The van der Waals surface area contributed by atoms with Gasteiger partial charge in [-0.1, -0.05) is 18.2 Å². The minimum absolute atomic E-state index is 0.0624. The molecule has 2 aromatic carbocycles. The number of halogens is 2. The number of ether oxygens (including phenoxy) is 1. The maximum Gasteiger partial charge on any atom is 0.165 e. The van der Waals surface area contributed by atoms with Crippen LogP contribution in [0, 0.1) is 11.6 Å². The van der Waals surface area contributed by atoms with Crippen LogP contribution in [0.2, 0.25) is 0 Å². The van der Waals surface area contributed by atoms with Crippen molar-refractivity contribution < 1.29 is 13.5 Å². The molecule has 2 rings (SSSR count). The van der Waals surface area contributed by atoms with Crippen LogP contribution < -0.4 is 10.5 Å². The zero-order valence-corrected chi connectivity index (χ0v) is 8.99. The SMILES string of the molecule is NCc1ccc(Oc2ccccc2F)cc1F. The summed E-state index contributed by atoms with van der Waals surface area (Å²) in [6.07, 6.45) is 0. The molecule has 0 saturated heterocycles. The first-order chi connectivity index (χ1) is 8.20. The molecule has 0 bridgehead atoms. The van der Waals surface area contributed by atoms with Gasteiger partial charge in [-0.25, -0.2) is 8.78 Å². The minimum Gasteiger partial charge on any atom is -0.454 e. The van der Waals surface area contributed by atoms with Crippen molar-refractivity contribution >= 4 is 0 Å². The van der Waals surface area contributed by atoms with E-state index in [-0.39, 0.29) is 18.0 Å². The van der Waals surface area contributed by atoms with E-state index in [2.05, 4.69) is 0 Å². The van der Waals surface area contributed by atoms with Crippen LogP contribution in [-0.4, -0.2) is 0 Å². The van der Waals surface area contributed by atoms with Crippen LogP contribution >= 0.6 is 0 Å². The van der Waals surface area contributed by atoms with E-state index >= 15 is 0 Å². The molecule has 2 N–H and O–H groups in total. The number of nitrogens with two attached hydrogens (primary N) is 1. The van der Waals surface area contributed by atoms with E-state index in [1.54, 1.807) is 18.2 Å². The Kier molecular flexibility index (Phi) is 3.35. The molecule has 4 heteroatoms. The summed E-state index contributed by atoms with van der Waals surface area (Å²) in [4.78, 5) is 0. The molecule has 17 heavy (non-hydrogen) atoms. The van der Waals surface area contributed by atoms with Crippen molar-refractivity contribution in [3.63, 3.8) is 0 Å². The lowest BCUT2D eigenvalue weighted by Gasteiger charge is -2.07. The second-order valence-corrected chi connectivity index (χ2v) is 3.49. The lowest BCUT2D eigenvalue weighted by atomic mass is 10.2. The topological polar surface area (TPSA) is 35.2 Å². The summed E-state index contributed by atoms with van der Waals surface area (Å²) in [6, 6.07) is 10.2. The molecule has 0 unspecified atom stereocenters. The van der Waals surface area contributed by atoms with Crippen LogP contribution in [0.1, 0.15) is 5.56 Å². The Labute approximate surface area is 97.6 Å². The van der Waals surface area contributed by atoms with Crippen LogP contribution in [0.3, 0.4) is 0 Å². The van der Waals surface area contributed by atoms with Gasteiger partial charge in [0.1, 0.15) is 11.6 Å². The van der Waals surface area contributed by atoms with E-state index in [0.29, 0.717) is 5.56 Å². The molecule has 0 fully saturated rings. The van der Waals surface area contributed by atoms with Gasteiger partial charge < -0.3 is 10.5 Å². The summed E-state index contributed by atoms with van der Waals surface area (Å²) in [5.74, 6) is -0.644. The molecule has 0 aliphatic rings. The summed E-state index contributed by atoms with van der Waals surface area (Å²) in [7, 11) is 0. The highest BCUT2D eigenvalue weighted by Gasteiger charge is 2.06. The zero-order valence-electron chi connectivity index (χ0n) is 8.99. The first-order valence-corrected chi connectivity index (χ1v) is 5.11. The Hall–Kier alpha value is -1.94. The molecule has 2 aromatic rings. The van der Waals surface area contributed by atoms with Crippen molar-refractivity contribution in [2.24, 2.45) is 5.73 Å². The zero-order chi connectivity index (χ0) is 12.3. The number of rotatable bonds is 3. The second kappa shape index (κ2) is 4.93. The van der Waals surface area contributed by atoms with Crippen LogP contribution in [0.4, 0.5) is 8.78 Å². The summed E-state index contributed by atoms with van der Waals surface area (Å²) in [6.45, 7) is 0.117. The van der Waals surface area contributed by atoms with E-state index in [1.165, 1.54) is 24.3 Å². The van der Waals surface area contributed by atoms with Gasteiger partial charge in [-0.05, 0) is 18.2 Å². The van der Waals surface area contributed by atoms with Gasteiger partial charge in [0, 0.05) is 18.2 Å². The largest absolute Gasteiger partial charge is 0.454 e. The third kappa shape index (κ3) is 2.60. The molecule has 0 aliphatic heterocycles. The predicted molar refractivity (Wildman–Crippen MR) is 60.8 cm³/mol. The number of para-hydroxylation sites is 1. The molecular weight excluding hydrogens is 224 g/mol. The van der Waals surface area contributed by atoms with E-state index in [0.717, 1.165) is 0 Å². The molecule has 0 saturated carbocycles. The predicted octanol–water partition coefficient (Wildman–Crippen LogP) is 3.22. The van der Waals surface area contributed by atoms with Gasteiger partial charge in [0.2, 0.25) is 0 Å². The maximum atomic E-state index is 13.4. The smallest absolute Gasteiger partial charge is 0.165 e. The minimum atomic E-state index is -0.490. The maximum absolute atomic E-state index is 13.4. The Morgan fingerprint density at radius 2 is 1.76 bits per heavy atom. The molecule has 88 valence electrons. The third-order valence-electron chi connectivity index (χ3n) is 2.31. The molecule has 0 atom stereocenters. The van der Waals surface area contributed by atoms with E-state index < -0.39 is 11.6 Å². The van der Waals surface area contributed by atoms with E-state index in [4.69, 9.17) is 10.5 Å². The summed E-state index contributed by atoms with van der Waals surface area (Å²) in [5, 5.41) is 0. The fraction of sp³-hybridized carbons (Fsp3) is 0.0769. The molecule has 0 spiro atoms. The summed E-state index contributed by atoms with van der Waals surface area (Å²) in [5.41, 5.74) is 5.73. The Bertz CT molecular complexity index is 529. The highest BCUT2D eigenvalue weighted by Crippen LogP contribution is 2.25. The Morgan fingerprint density at radius 1 is 1.00 bits per heavy atom. The first kappa shape index (κ1) is 11.5. The van der Waals surface area contributed by atoms with Gasteiger partial charge >= 0.3 is 0 Å². The molecule has 0 aromatic heterocycles. The van der Waals surface area contributed by atoms with Crippen LogP contribution in [0.15, 0.2) is 42.5 Å². The van der Waals surface area contributed by atoms with Gasteiger partial charge in [0.25, 0.3) is 0 Å². The highest BCUT2D eigenvalue weighted by molar-refractivity contribution is 5.34. The van der Waals surface area contributed by atoms with Gasteiger partial charge in [0.05, 0.1) is 0 Å². The summed E-state index contributed by atoms with van der Waals surface area (Å²) >= 11 is 0. The van der Waals surface area contributed by atoms with Gasteiger partial charge in [-0.15, -0.1) is 0 Å². The molecular formula is C13H11F2NO. The van der Waals surface area contributed by atoms with Crippen molar-refractivity contribution in [3.8, 4) is 11.5 Å². The van der Waals surface area contributed by atoms with Crippen LogP contribution in [0.25, 0.3) is 0 Å².